The molecule has 29 heavy (non-hydrogen) atoms. The van der Waals surface area contributed by atoms with Gasteiger partial charge < -0.3 is 4.90 Å². The van der Waals surface area contributed by atoms with Crippen LogP contribution < -0.4 is 4.90 Å². The minimum Gasteiger partial charge on any atom is -0.369 e. The van der Waals surface area contributed by atoms with Gasteiger partial charge in [-0.25, -0.2) is 4.39 Å². The third kappa shape index (κ3) is 6.06. The summed E-state index contributed by atoms with van der Waals surface area (Å²) in [6.07, 6.45) is 3.74. The van der Waals surface area contributed by atoms with Gasteiger partial charge in [-0.15, -0.1) is 24.8 Å². The molecule has 0 spiro atoms. The van der Waals surface area contributed by atoms with Crippen molar-refractivity contribution in [2.24, 2.45) is 0 Å². The molecule has 0 aliphatic carbocycles. The van der Waals surface area contributed by atoms with Crippen LogP contribution in [-0.4, -0.2) is 36.1 Å². The Hall–Kier alpha value is -1.85. The van der Waals surface area contributed by atoms with Crippen LogP contribution in [0.1, 0.15) is 5.56 Å². The number of nitrogens with zero attached hydrogens (tertiary/aromatic N) is 3. The number of piperazine rings is 1. The molecule has 1 aliphatic rings. The van der Waals surface area contributed by atoms with Crippen molar-refractivity contribution in [3.05, 3.63) is 83.4 Å². The van der Waals surface area contributed by atoms with Crippen LogP contribution in [0, 0.1) is 5.82 Å². The Morgan fingerprint density at radius 3 is 2.14 bits per heavy atom. The van der Waals surface area contributed by atoms with Crippen LogP contribution in [0.15, 0.2) is 67.0 Å². The summed E-state index contributed by atoms with van der Waals surface area (Å²) >= 11 is 5.98. The summed E-state index contributed by atoms with van der Waals surface area (Å²) in [5.74, 6) is -0.221. The molecule has 1 fully saturated rings. The Balaban J connectivity index is 0.00000150. The summed E-state index contributed by atoms with van der Waals surface area (Å²) in [5, 5.41) is 0.769. The molecule has 0 bridgehead atoms. The van der Waals surface area contributed by atoms with Crippen LogP contribution >= 0.6 is 36.4 Å². The second kappa shape index (κ2) is 10.8. The average molecular weight is 455 g/mol. The lowest BCUT2D eigenvalue weighted by atomic mass is 10.1. The van der Waals surface area contributed by atoms with Gasteiger partial charge in [0.1, 0.15) is 5.82 Å². The molecule has 0 amide bonds. The van der Waals surface area contributed by atoms with Gasteiger partial charge in [0.15, 0.2) is 0 Å². The number of benzene rings is 2. The van der Waals surface area contributed by atoms with Gasteiger partial charge in [-0.05, 0) is 53.6 Å². The van der Waals surface area contributed by atoms with Crippen LogP contribution in [0.4, 0.5) is 10.1 Å². The molecule has 0 saturated carbocycles. The fraction of sp³-hybridized carbons (Fsp3) is 0.227. The average Bonchev–Trinajstić information content (AvgIpc) is 2.70. The standard InChI is InChI=1S/C22H21ClFN3.2ClH/c23-20-3-7-22(8-4-20)27-11-9-26(10-12-27)16-17-13-19(15-25-14-17)18-1-5-21(24)6-2-18;;/h1-8,13-15H,9-12,16H2;2*1H. The van der Waals surface area contributed by atoms with Gasteiger partial charge in [-0.2, -0.15) is 0 Å². The van der Waals surface area contributed by atoms with Crippen molar-refractivity contribution in [3.8, 4) is 11.1 Å². The third-order valence-corrected chi connectivity index (χ3v) is 5.19. The molecule has 4 rings (SSSR count). The first-order chi connectivity index (χ1) is 13.2. The monoisotopic (exact) mass is 453 g/mol. The van der Waals surface area contributed by atoms with Gasteiger partial charge >= 0.3 is 0 Å². The Labute approximate surface area is 188 Å². The quantitative estimate of drug-likeness (QED) is 0.503. The lowest BCUT2D eigenvalue weighted by Gasteiger charge is -2.36. The lowest BCUT2D eigenvalue weighted by Crippen LogP contribution is -2.45. The highest BCUT2D eigenvalue weighted by atomic mass is 35.5. The Morgan fingerprint density at radius 2 is 1.48 bits per heavy atom. The van der Waals surface area contributed by atoms with E-state index in [1.165, 1.54) is 23.4 Å². The Morgan fingerprint density at radius 1 is 0.828 bits per heavy atom. The highest BCUT2D eigenvalue weighted by Gasteiger charge is 2.17. The molecule has 2 aromatic carbocycles. The second-order valence-corrected chi connectivity index (χ2v) is 7.26. The summed E-state index contributed by atoms with van der Waals surface area (Å²) in [7, 11) is 0. The number of rotatable bonds is 4. The van der Waals surface area contributed by atoms with Crippen molar-refractivity contribution >= 4 is 42.1 Å². The molecule has 0 N–H and O–H groups in total. The maximum atomic E-state index is 13.1. The maximum absolute atomic E-state index is 13.1. The predicted octanol–water partition coefficient (Wildman–Crippen LogP) is 5.71. The van der Waals surface area contributed by atoms with Crippen molar-refractivity contribution in [3.63, 3.8) is 0 Å². The van der Waals surface area contributed by atoms with E-state index in [1.807, 2.05) is 24.5 Å². The highest BCUT2D eigenvalue weighted by molar-refractivity contribution is 6.30. The van der Waals surface area contributed by atoms with E-state index < -0.39 is 0 Å². The zero-order valence-corrected chi connectivity index (χ0v) is 18.2. The summed E-state index contributed by atoms with van der Waals surface area (Å²) in [6.45, 7) is 4.86. The first-order valence-corrected chi connectivity index (χ1v) is 9.48. The van der Waals surface area contributed by atoms with Gasteiger partial charge in [0.25, 0.3) is 0 Å². The largest absolute Gasteiger partial charge is 0.369 e. The first-order valence-electron chi connectivity index (χ1n) is 9.10. The predicted molar refractivity (Wildman–Crippen MR) is 123 cm³/mol. The summed E-state index contributed by atoms with van der Waals surface area (Å²) in [5.41, 5.74) is 4.40. The van der Waals surface area contributed by atoms with E-state index in [2.05, 4.69) is 33.0 Å². The molecule has 1 saturated heterocycles. The minimum absolute atomic E-state index is 0. The Kier molecular flexibility index (Phi) is 8.72. The molecule has 3 nitrogen and oxygen atoms in total. The normalized spacial score (nSPS) is 14.1. The van der Waals surface area contributed by atoms with Gasteiger partial charge in [-0.3, -0.25) is 9.88 Å². The van der Waals surface area contributed by atoms with E-state index in [9.17, 15) is 4.39 Å². The van der Waals surface area contributed by atoms with Crippen LogP contribution in [0.5, 0.6) is 0 Å². The maximum Gasteiger partial charge on any atom is 0.123 e. The minimum atomic E-state index is -0.221. The fourth-order valence-corrected chi connectivity index (χ4v) is 3.57. The fourth-order valence-electron chi connectivity index (χ4n) is 3.45. The van der Waals surface area contributed by atoms with E-state index in [4.69, 9.17) is 11.6 Å². The van der Waals surface area contributed by atoms with Crippen LogP contribution in [0.25, 0.3) is 11.1 Å². The smallest absolute Gasteiger partial charge is 0.123 e. The zero-order valence-electron chi connectivity index (χ0n) is 15.8. The number of anilines is 1. The van der Waals surface area contributed by atoms with E-state index in [0.717, 1.165) is 48.9 Å². The van der Waals surface area contributed by atoms with Crippen molar-refractivity contribution in [1.29, 1.82) is 0 Å². The number of hydrogen-bond donors (Lipinski definition) is 0. The molecule has 1 aromatic heterocycles. The number of pyridine rings is 1. The van der Waals surface area contributed by atoms with Gasteiger partial charge in [0.2, 0.25) is 0 Å². The molecule has 154 valence electrons. The molecule has 2 heterocycles. The van der Waals surface area contributed by atoms with E-state index in [0.29, 0.717) is 0 Å². The van der Waals surface area contributed by atoms with Gasteiger partial charge in [0, 0.05) is 61.4 Å². The third-order valence-electron chi connectivity index (χ3n) is 4.94. The molecule has 7 heteroatoms. The van der Waals surface area contributed by atoms with Gasteiger partial charge in [-0.1, -0.05) is 23.7 Å². The van der Waals surface area contributed by atoms with Gasteiger partial charge in [0.05, 0.1) is 0 Å². The van der Waals surface area contributed by atoms with Crippen molar-refractivity contribution in [2.75, 3.05) is 31.1 Å². The van der Waals surface area contributed by atoms with E-state index >= 15 is 0 Å². The Bertz CT molecular complexity index is 896. The van der Waals surface area contributed by atoms with Crippen LogP contribution in [0.2, 0.25) is 5.02 Å². The number of hydrogen-bond acceptors (Lipinski definition) is 3. The second-order valence-electron chi connectivity index (χ2n) is 6.83. The molecule has 3 aromatic rings. The molecule has 0 radical (unpaired) electrons. The first kappa shape index (κ1) is 23.4. The zero-order chi connectivity index (χ0) is 18.6. The molecule has 0 unspecified atom stereocenters. The highest BCUT2D eigenvalue weighted by Crippen LogP contribution is 2.22. The molecular weight excluding hydrogens is 432 g/mol. The van der Waals surface area contributed by atoms with Crippen LogP contribution in [-0.2, 0) is 6.54 Å². The van der Waals surface area contributed by atoms with Crippen molar-refractivity contribution in [1.82, 2.24) is 9.88 Å². The number of halogens is 4. The molecule has 0 atom stereocenters. The summed E-state index contributed by atoms with van der Waals surface area (Å²) < 4.78 is 13.1. The molecular formula is C22H23Cl3FN3. The summed E-state index contributed by atoms with van der Waals surface area (Å²) in [6, 6.07) is 16.7. The lowest BCUT2D eigenvalue weighted by molar-refractivity contribution is 0.249. The van der Waals surface area contributed by atoms with Crippen LogP contribution in [0.3, 0.4) is 0 Å². The molecule has 1 aliphatic heterocycles. The van der Waals surface area contributed by atoms with E-state index in [-0.39, 0.29) is 30.6 Å². The SMILES string of the molecule is Cl.Cl.Fc1ccc(-c2cncc(CN3CCN(c4ccc(Cl)cc4)CC3)c2)cc1. The summed E-state index contributed by atoms with van der Waals surface area (Å²) in [4.78, 5) is 9.21. The van der Waals surface area contributed by atoms with Crippen molar-refractivity contribution in [2.45, 2.75) is 6.54 Å². The van der Waals surface area contributed by atoms with E-state index in [1.54, 1.807) is 12.1 Å². The van der Waals surface area contributed by atoms with Crippen molar-refractivity contribution < 1.29 is 4.39 Å². The number of aromatic nitrogens is 1. The topological polar surface area (TPSA) is 19.4 Å².